The van der Waals surface area contributed by atoms with Gasteiger partial charge in [-0.25, -0.2) is 9.97 Å². The zero-order valence-electron chi connectivity index (χ0n) is 18.8. The molecule has 7 heteroatoms. The van der Waals surface area contributed by atoms with Gasteiger partial charge in [0.25, 0.3) is 0 Å². The molecule has 0 unspecified atom stereocenters. The summed E-state index contributed by atoms with van der Waals surface area (Å²) in [5, 5.41) is 0.833. The summed E-state index contributed by atoms with van der Waals surface area (Å²) in [4.78, 5) is 22.7. The molecule has 0 atom stereocenters. The molecule has 2 N–H and O–H groups in total. The number of carbonyl (C=O) groups is 1. The summed E-state index contributed by atoms with van der Waals surface area (Å²) in [5.74, 6) is 1.47. The van der Waals surface area contributed by atoms with Crippen LogP contribution in [0.25, 0.3) is 22.2 Å². The van der Waals surface area contributed by atoms with Gasteiger partial charge in [-0.2, -0.15) is 0 Å². The van der Waals surface area contributed by atoms with Gasteiger partial charge >= 0.3 is 0 Å². The molecule has 0 bridgehead atoms. The third-order valence-electron chi connectivity index (χ3n) is 6.33. The minimum Gasteiger partial charge on any atom is -0.489 e. The molecular weight excluding hydrogens is 414 g/mol. The number of carbonyl (C=O) groups excluding carboxylic acids is 1. The van der Waals surface area contributed by atoms with E-state index in [2.05, 4.69) is 20.7 Å². The number of nitrogens with zero attached hydrogens (tertiary/aromatic N) is 4. The van der Waals surface area contributed by atoms with E-state index in [0.717, 1.165) is 46.3 Å². The second kappa shape index (κ2) is 8.58. The monoisotopic (exact) mass is 441 g/mol. The van der Waals surface area contributed by atoms with Gasteiger partial charge in [-0.05, 0) is 36.1 Å². The maximum Gasteiger partial charge on any atom is 0.225 e. The Labute approximate surface area is 192 Å². The molecule has 1 aliphatic carbocycles. The predicted molar refractivity (Wildman–Crippen MR) is 129 cm³/mol. The number of anilines is 1. The number of amides is 1. The minimum absolute atomic E-state index is 0.0554. The Balaban J connectivity index is 1.45. The molecule has 5 rings (SSSR count). The first-order valence-electron chi connectivity index (χ1n) is 11.1. The van der Waals surface area contributed by atoms with Crippen molar-refractivity contribution in [2.75, 3.05) is 19.8 Å². The number of hydrogen-bond acceptors (Lipinski definition) is 5. The Morgan fingerprint density at radius 2 is 1.91 bits per heavy atom. The summed E-state index contributed by atoms with van der Waals surface area (Å²) in [6, 6.07) is 18.3. The van der Waals surface area contributed by atoms with E-state index < -0.39 is 0 Å². The molecule has 168 valence electrons. The van der Waals surface area contributed by atoms with Crippen LogP contribution in [-0.2, 0) is 11.4 Å². The third-order valence-corrected chi connectivity index (χ3v) is 6.33. The van der Waals surface area contributed by atoms with Crippen LogP contribution in [0.15, 0.2) is 67.1 Å². The highest BCUT2D eigenvalue weighted by Gasteiger charge is 2.37. The van der Waals surface area contributed by atoms with E-state index in [1.54, 1.807) is 19.0 Å². The molecule has 33 heavy (non-hydrogen) atoms. The van der Waals surface area contributed by atoms with Crippen molar-refractivity contribution in [3.05, 3.63) is 72.7 Å². The molecule has 7 nitrogen and oxygen atoms in total. The van der Waals surface area contributed by atoms with Gasteiger partial charge in [-0.15, -0.1) is 0 Å². The number of rotatable bonds is 6. The minimum atomic E-state index is 0.0554. The fraction of sp³-hybridized carbons (Fsp3) is 0.269. The van der Waals surface area contributed by atoms with Crippen molar-refractivity contribution in [3.8, 4) is 16.9 Å². The van der Waals surface area contributed by atoms with E-state index in [4.69, 9.17) is 10.5 Å². The van der Waals surface area contributed by atoms with E-state index in [1.807, 2.05) is 54.6 Å². The maximum atomic E-state index is 12.3. The van der Waals surface area contributed by atoms with Gasteiger partial charge in [-0.1, -0.05) is 42.5 Å². The van der Waals surface area contributed by atoms with Crippen LogP contribution in [0.3, 0.4) is 0 Å². The first-order valence-corrected chi connectivity index (χ1v) is 11.1. The molecular formula is C26H27N5O2. The van der Waals surface area contributed by atoms with Crippen LogP contribution in [0, 0.1) is 5.92 Å². The number of benzene rings is 2. The summed E-state index contributed by atoms with van der Waals surface area (Å²) < 4.78 is 8.19. The van der Waals surface area contributed by atoms with Gasteiger partial charge in [0.1, 0.15) is 30.1 Å². The van der Waals surface area contributed by atoms with Gasteiger partial charge in [0.15, 0.2) is 0 Å². The van der Waals surface area contributed by atoms with Crippen LogP contribution in [0.4, 0.5) is 5.82 Å². The van der Waals surface area contributed by atoms with E-state index in [-0.39, 0.29) is 17.9 Å². The smallest absolute Gasteiger partial charge is 0.225 e. The Morgan fingerprint density at radius 3 is 2.67 bits per heavy atom. The van der Waals surface area contributed by atoms with E-state index in [0.29, 0.717) is 12.4 Å². The lowest BCUT2D eigenvalue weighted by Crippen LogP contribution is -2.38. The van der Waals surface area contributed by atoms with Gasteiger partial charge in [0.2, 0.25) is 5.91 Å². The topological polar surface area (TPSA) is 86.3 Å². The summed E-state index contributed by atoms with van der Waals surface area (Å²) in [5.41, 5.74) is 10.2. The zero-order chi connectivity index (χ0) is 22.9. The van der Waals surface area contributed by atoms with Crippen molar-refractivity contribution in [2.45, 2.75) is 25.5 Å². The molecule has 1 aliphatic rings. The first-order chi connectivity index (χ1) is 16.0. The van der Waals surface area contributed by atoms with Crippen LogP contribution >= 0.6 is 0 Å². The summed E-state index contributed by atoms with van der Waals surface area (Å²) in [6.45, 7) is 0.501. The summed E-state index contributed by atoms with van der Waals surface area (Å²) >= 11 is 0. The summed E-state index contributed by atoms with van der Waals surface area (Å²) in [6.07, 6.45) is 5.18. The molecule has 2 aromatic carbocycles. The van der Waals surface area contributed by atoms with Crippen LogP contribution in [0.1, 0.15) is 24.4 Å². The van der Waals surface area contributed by atoms with Gasteiger partial charge in [-0.3, -0.25) is 4.79 Å². The quantitative estimate of drug-likeness (QED) is 0.482. The Bertz CT molecular complexity index is 1290. The maximum absolute atomic E-state index is 12.3. The molecule has 0 spiro atoms. The number of aromatic nitrogens is 3. The fourth-order valence-corrected chi connectivity index (χ4v) is 4.48. The highest BCUT2D eigenvalue weighted by molar-refractivity contribution is 6.00. The predicted octanol–water partition coefficient (Wildman–Crippen LogP) is 4.30. The number of hydrogen-bond donors (Lipinski definition) is 1. The van der Waals surface area contributed by atoms with E-state index in [1.165, 1.54) is 6.33 Å². The summed E-state index contributed by atoms with van der Waals surface area (Å²) in [7, 11) is 3.61. The number of ether oxygens (including phenoxy) is 1. The van der Waals surface area contributed by atoms with Crippen molar-refractivity contribution in [1.82, 2.24) is 19.4 Å². The van der Waals surface area contributed by atoms with Crippen LogP contribution in [0.2, 0.25) is 0 Å². The van der Waals surface area contributed by atoms with E-state index >= 15 is 0 Å². The van der Waals surface area contributed by atoms with Crippen molar-refractivity contribution < 1.29 is 9.53 Å². The zero-order valence-corrected chi connectivity index (χ0v) is 18.8. The van der Waals surface area contributed by atoms with Gasteiger partial charge in [0, 0.05) is 37.8 Å². The van der Waals surface area contributed by atoms with Crippen LogP contribution in [0.5, 0.6) is 5.75 Å². The number of fused-ring (bicyclic) bond motifs is 1. The highest BCUT2D eigenvalue weighted by Crippen LogP contribution is 2.43. The van der Waals surface area contributed by atoms with Crippen LogP contribution < -0.4 is 10.5 Å². The molecule has 0 aliphatic heterocycles. The van der Waals surface area contributed by atoms with Crippen molar-refractivity contribution >= 4 is 22.8 Å². The molecule has 1 fully saturated rings. The highest BCUT2D eigenvalue weighted by atomic mass is 16.5. The Morgan fingerprint density at radius 1 is 1.12 bits per heavy atom. The lowest BCUT2D eigenvalue weighted by atomic mass is 9.79. The SMILES string of the molecule is CN(C)C(=O)[C@H]1C[C@@H](n2cc(-c3cccc(OCc4ccccc4)c3)c3c(N)ncnc32)C1. The van der Waals surface area contributed by atoms with Gasteiger partial charge in [0.05, 0.1) is 5.39 Å². The normalized spacial score (nSPS) is 17.5. The van der Waals surface area contributed by atoms with Crippen molar-refractivity contribution in [2.24, 2.45) is 5.92 Å². The molecule has 1 amide bonds. The molecule has 0 saturated heterocycles. The standard InChI is InChI=1S/C26H27N5O2/c1-30(2)26(32)19-11-20(12-19)31-14-22(23-24(27)28-16-29-25(23)31)18-9-6-10-21(13-18)33-15-17-7-4-3-5-8-17/h3-10,13-14,16,19-20H,11-12,15H2,1-2H3,(H2,27,28,29)/t19-,20+. The van der Waals surface area contributed by atoms with E-state index in [9.17, 15) is 4.79 Å². The third kappa shape index (κ3) is 4.02. The largest absolute Gasteiger partial charge is 0.489 e. The number of nitrogen functional groups attached to an aromatic ring is 1. The Kier molecular flexibility index (Phi) is 5.46. The second-order valence-corrected chi connectivity index (χ2v) is 8.76. The molecule has 2 heterocycles. The molecule has 2 aromatic heterocycles. The fourth-order valence-electron chi connectivity index (χ4n) is 4.48. The number of nitrogens with two attached hydrogens (primary N) is 1. The second-order valence-electron chi connectivity index (χ2n) is 8.76. The average molecular weight is 442 g/mol. The van der Waals surface area contributed by atoms with Crippen molar-refractivity contribution in [1.29, 1.82) is 0 Å². The van der Waals surface area contributed by atoms with Crippen LogP contribution in [-0.4, -0.2) is 39.4 Å². The van der Waals surface area contributed by atoms with Gasteiger partial charge < -0.3 is 19.9 Å². The average Bonchev–Trinajstić information content (AvgIpc) is 3.18. The van der Waals surface area contributed by atoms with Crippen molar-refractivity contribution in [3.63, 3.8) is 0 Å². The first kappa shape index (κ1) is 21.0. The lowest BCUT2D eigenvalue weighted by Gasteiger charge is -2.36. The Hall–Kier alpha value is -3.87. The molecule has 0 radical (unpaired) electrons. The lowest BCUT2D eigenvalue weighted by molar-refractivity contribution is -0.136. The molecule has 4 aromatic rings. The molecule has 1 saturated carbocycles.